The number of anilines is 3. The van der Waals surface area contributed by atoms with Crippen LogP contribution in [0, 0.1) is 47.5 Å². The van der Waals surface area contributed by atoms with Crippen molar-refractivity contribution in [1.82, 2.24) is 40.5 Å². The molecule has 0 radical (unpaired) electrons. The number of thiophene rings is 4. The third-order valence-corrected chi connectivity index (χ3v) is 25.5. The molecule has 1 aliphatic heterocycles. The average molecular weight is 1940 g/mol. The van der Waals surface area contributed by atoms with E-state index in [9.17, 15) is 33.6 Å². The van der Waals surface area contributed by atoms with Gasteiger partial charge in [0, 0.05) is 168 Å². The third kappa shape index (κ3) is 26.1. The van der Waals surface area contributed by atoms with E-state index in [-0.39, 0.29) is 37.4 Å². The lowest BCUT2D eigenvalue weighted by Crippen LogP contribution is -2.41. The Labute approximate surface area is 796 Å². The first-order chi connectivity index (χ1) is 62.9. The van der Waals surface area contributed by atoms with E-state index in [1.54, 1.807) is 6.08 Å². The lowest BCUT2D eigenvalue weighted by molar-refractivity contribution is -0.135. The van der Waals surface area contributed by atoms with Gasteiger partial charge in [-0.25, -0.2) is 28.8 Å². The quantitative estimate of drug-likeness (QED) is 0.0285. The molecule has 32 heteroatoms. The SMILES string of the molecule is C=CC(=O)OC.COC(=O)c1sc2ccc3nc(C)ccc3c2c1Cl.COC(=O)c1sc2ccc3nc(C)ccc3c2c1NCC(C)C.COC(=O)c1sc2ccc3nc(C)ccc3c2c1NC[C@H](C)N.C[C@H](CN)NC(=O)OC(C)(C)C.Cc1ccc2c(/C=C/C(=O)O)cccc2n1.Cc1ccc2c(Br)cccc2n1.Cc1ccc2c(ccc3sc4c(c32)NC[C@H](C)NC4=O)n1.[H+]. The molecular formula is C100H108BrClN13O13S4+. The number of rotatable bonds is 14. The number of aryl methyl sites for hydroxylation is 6. The summed E-state index contributed by atoms with van der Waals surface area (Å²) in [6, 6.07) is 51.9. The number of methoxy groups -OCH3 is 4. The van der Waals surface area contributed by atoms with E-state index >= 15 is 0 Å². The molecule has 0 fully saturated rings. The van der Waals surface area contributed by atoms with Crippen LogP contribution < -0.4 is 38.1 Å². The highest BCUT2D eigenvalue weighted by molar-refractivity contribution is 9.10. The smallest absolute Gasteiger partial charge is 0.478 e. The summed E-state index contributed by atoms with van der Waals surface area (Å²) in [5, 5.41) is 35.2. The van der Waals surface area contributed by atoms with Gasteiger partial charge in [0.2, 0.25) is 0 Å². The normalized spacial score (nSPS) is 12.5. The maximum absolute atomic E-state index is 12.3. The van der Waals surface area contributed by atoms with Crippen LogP contribution in [0.25, 0.3) is 112 Å². The number of aliphatic carboxylic acids is 1. The zero-order chi connectivity index (χ0) is 96.1. The molecule has 1 aliphatic rings. The minimum Gasteiger partial charge on any atom is -0.478 e. The molecule has 11 heterocycles. The summed E-state index contributed by atoms with van der Waals surface area (Å²) in [7, 11) is 5.48. The highest BCUT2D eigenvalue weighted by Gasteiger charge is 2.28. The number of halogens is 2. The first kappa shape index (κ1) is 101. The summed E-state index contributed by atoms with van der Waals surface area (Å²) in [5.74, 6) is -1.90. The minimum atomic E-state index is -0.947. The van der Waals surface area contributed by atoms with E-state index in [0.717, 1.165) is 192 Å². The van der Waals surface area contributed by atoms with E-state index in [1.165, 1.54) is 79.2 Å². The molecule has 6 aromatic carbocycles. The molecule has 0 saturated heterocycles. The number of aromatic nitrogens is 6. The number of hydrogen-bond donors (Lipinski definition) is 8. The van der Waals surface area contributed by atoms with E-state index in [0.29, 0.717) is 38.7 Å². The van der Waals surface area contributed by atoms with Gasteiger partial charge in [0.15, 0.2) is 0 Å². The van der Waals surface area contributed by atoms with Gasteiger partial charge in [-0.1, -0.05) is 96.5 Å². The second-order valence-electron chi connectivity index (χ2n) is 32.2. The van der Waals surface area contributed by atoms with Gasteiger partial charge in [-0.15, -0.1) is 45.3 Å². The topological polar surface area (TPSA) is 375 Å². The Morgan fingerprint density at radius 1 is 0.553 bits per heavy atom. The zero-order valence-electron chi connectivity index (χ0n) is 77.7. The van der Waals surface area contributed by atoms with E-state index in [1.807, 2.05) is 217 Å². The Morgan fingerprint density at radius 3 is 1.36 bits per heavy atom. The van der Waals surface area contributed by atoms with Crippen LogP contribution in [0.5, 0.6) is 0 Å². The van der Waals surface area contributed by atoms with Crippen molar-refractivity contribution in [2.24, 2.45) is 17.4 Å². The van der Waals surface area contributed by atoms with Gasteiger partial charge in [0.05, 0.1) is 83.6 Å². The predicted octanol–water partition coefficient (Wildman–Crippen LogP) is 22.7. The Kier molecular flexibility index (Phi) is 35.6. The number of nitrogens with one attached hydrogen (secondary N) is 5. The second kappa shape index (κ2) is 46.4. The number of fused-ring (bicyclic) bond motifs is 16. The van der Waals surface area contributed by atoms with Gasteiger partial charge >= 0.3 is 37.4 Å². The molecule has 0 spiro atoms. The predicted molar refractivity (Wildman–Crippen MR) is 546 cm³/mol. The van der Waals surface area contributed by atoms with E-state index in [2.05, 4.69) is 122 Å². The number of nitrogens with two attached hydrogens (primary N) is 2. The molecule has 3 atom stereocenters. The highest BCUT2D eigenvalue weighted by atomic mass is 79.9. The molecule has 688 valence electrons. The van der Waals surface area contributed by atoms with Crippen molar-refractivity contribution >= 4 is 244 Å². The molecule has 0 aliphatic carbocycles. The molecule has 132 heavy (non-hydrogen) atoms. The first-order valence-corrected chi connectivity index (χ1v) is 46.5. The van der Waals surface area contributed by atoms with Gasteiger partial charge in [0.25, 0.3) is 5.91 Å². The largest absolute Gasteiger partial charge is 1.00 e. The summed E-state index contributed by atoms with van der Waals surface area (Å²) >= 11 is 15.6. The van der Waals surface area contributed by atoms with Gasteiger partial charge in [-0.2, -0.15) is 0 Å². The fraction of sp³-hybridized carbons (Fsp3) is 0.270. The van der Waals surface area contributed by atoms with Crippen LogP contribution in [-0.2, 0) is 33.3 Å². The number of carboxylic acids is 1. The number of carbonyl (C=O) groups excluding carboxylic acids is 6. The molecule has 26 nitrogen and oxygen atoms in total. The molecule has 2 amide bonds. The number of amides is 2. The third-order valence-electron chi connectivity index (χ3n) is 19.8. The summed E-state index contributed by atoms with van der Waals surface area (Å²) in [4.78, 5) is 109. The minimum absolute atomic E-state index is 0. The Balaban J connectivity index is 0.000000174. The number of hydrogen-bond acceptors (Lipinski definition) is 27. The lowest BCUT2D eigenvalue weighted by Gasteiger charge is -2.21. The van der Waals surface area contributed by atoms with Crippen molar-refractivity contribution in [1.29, 1.82) is 0 Å². The summed E-state index contributed by atoms with van der Waals surface area (Å²) in [5.41, 5.74) is 25.7. The van der Waals surface area contributed by atoms with Crippen LogP contribution in [-0.4, -0.2) is 155 Å². The van der Waals surface area contributed by atoms with Crippen molar-refractivity contribution in [3.63, 3.8) is 0 Å². The van der Waals surface area contributed by atoms with Crippen molar-refractivity contribution in [3.05, 3.63) is 245 Å². The van der Waals surface area contributed by atoms with Gasteiger partial charge < -0.3 is 66.8 Å². The summed E-state index contributed by atoms with van der Waals surface area (Å²) in [6.45, 7) is 33.0. The number of carbonyl (C=O) groups is 7. The summed E-state index contributed by atoms with van der Waals surface area (Å²) in [6.07, 6.45) is 3.41. The van der Waals surface area contributed by atoms with Crippen LogP contribution in [0.4, 0.5) is 21.9 Å². The lowest BCUT2D eigenvalue weighted by atomic mass is 10.1. The Bertz CT molecular complexity index is 6870. The number of benzene rings is 6. The number of pyridine rings is 6. The number of carboxylic acid groups (broad SMARTS) is 1. The van der Waals surface area contributed by atoms with Gasteiger partial charge in [-0.05, 0) is 210 Å². The highest BCUT2D eigenvalue weighted by Crippen LogP contribution is 2.45. The average Bonchev–Trinajstić information content (AvgIpc) is 1.64. The first-order valence-electron chi connectivity index (χ1n) is 42.1. The molecular weight excluding hydrogens is 1830 g/mol. The van der Waals surface area contributed by atoms with Crippen molar-refractivity contribution in [3.8, 4) is 0 Å². The van der Waals surface area contributed by atoms with Crippen LogP contribution in [0.2, 0.25) is 5.02 Å². The monoisotopic (exact) mass is 1940 g/mol. The molecule has 0 unspecified atom stereocenters. The maximum atomic E-state index is 12.3. The molecule has 10 N–H and O–H groups in total. The summed E-state index contributed by atoms with van der Waals surface area (Å²) < 4.78 is 29.1. The number of esters is 4. The molecule has 16 aromatic rings. The van der Waals surface area contributed by atoms with Crippen LogP contribution in [0.15, 0.2) is 181 Å². The number of ether oxygens (including phenoxy) is 5. The van der Waals surface area contributed by atoms with Gasteiger partial charge in [0.1, 0.15) is 25.1 Å². The Hall–Kier alpha value is -12.7. The van der Waals surface area contributed by atoms with E-state index in [4.69, 9.17) is 47.1 Å². The van der Waals surface area contributed by atoms with Crippen molar-refractivity contribution in [2.45, 2.75) is 121 Å². The molecule has 0 saturated carbocycles. The van der Waals surface area contributed by atoms with Crippen molar-refractivity contribution < 1.29 is 63.8 Å². The number of alkyl carbamates (subject to hydrolysis) is 1. The van der Waals surface area contributed by atoms with Crippen LogP contribution >= 0.6 is 72.9 Å². The number of nitrogens with zero attached hydrogens (tertiary/aromatic N) is 6. The molecule has 10 aromatic heterocycles. The molecule has 0 bridgehead atoms. The fourth-order valence-electron chi connectivity index (χ4n) is 13.6. The standard InChI is InChI=1S/C18H20N2O2S.C17H19N3O2S.C16H15N3OS.C14H10ClNO2S.C13H11NO2.C10H8BrN.C8H18N2O2.C4H6O2/c1-10(2)9-19-16-15-12-6-5-11(3)20-13(12)7-8-14(15)23-17(16)18(21)22-4;1-9(18)8-19-15-14-11-5-4-10(2)20-12(11)6-7-13(14)23-16(15)17(21)22-3;1-8-3-4-10-11(18-8)5-6-12-13(10)14-15(21-12)16(20)19-9(2)7-17-14;1-7-3-4-8-9(16-7)5-6-10-11(8)12(15)13(19-10)14(17)18-2;1-9-5-7-11-10(6-8-13(15)16)3-2-4-12(11)14-9;1-7-5-6-8-9(11)3-2-4-10(8)12-7;1-6(5-9)10-7(11)12-8(2,3)4;1-3-4(5)6-2/h5-8,10,19H,9H2,1-4H3;4-7,9,19H,8,18H2,1-3H3;3-6,9,17H,7H2,1-2H3,(H,19,20);3-6H,1-2H3;2-8H,1H3,(H,15,16);2-6H,1H3;6H,5,9H2,1-4H3,(H,10,11);3H,1H2,2H3/p+1/b;;;;8-6+;;;/t;2*9-;;;;6-;/m.00...1./s1. The molecule has 17 rings (SSSR count). The van der Waals surface area contributed by atoms with Crippen LogP contribution in [0.1, 0.15) is 135 Å². The Morgan fingerprint density at radius 2 is 0.947 bits per heavy atom. The van der Waals surface area contributed by atoms with Crippen LogP contribution in [0.3, 0.4) is 0 Å². The van der Waals surface area contributed by atoms with E-state index < -0.39 is 29.6 Å². The maximum Gasteiger partial charge on any atom is 1.00 e. The fourth-order valence-corrected chi connectivity index (χ4v) is 18.9. The zero-order valence-corrected chi connectivity index (χ0v) is 82.3. The van der Waals surface area contributed by atoms with Crippen molar-refractivity contribution in [2.75, 3.05) is 70.6 Å². The second-order valence-corrected chi connectivity index (χ2v) is 37.6. The van der Waals surface area contributed by atoms with Gasteiger partial charge in [-0.3, -0.25) is 34.7 Å².